The van der Waals surface area contributed by atoms with Gasteiger partial charge in [0, 0.05) is 18.3 Å². The Morgan fingerprint density at radius 3 is 2.71 bits per heavy atom. The maximum atomic E-state index is 12.1. The first kappa shape index (κ1) is 15.3. The second kappa shape index (κ2) is 6.13. The number of aromatic nitrogens is 2. The number of likely N-dealkylation sites (N-methyl/N-ethyl adjacent to an activating group) is 1. The monoisotopic (exact) mass is 289 g/mol. The summed E-state index contributed by atoms with van der Waals surface area (Å²) in [6.07, 6.45) is 0. The van der Waals surface area contributed by atoms with E-state index in [9.17, 15) is 4.79 Å². The Balaban J connectivity index is 2.34. The van der Waals surface area contributed by atoms with Gasteiger partial charge in [0.25, 0.3) is 5.56 Å². The molecule has 0 amide bonds. The highest BCUT2D eigenvalue weighted by molar-refractivity contribution is 5.81. The van der Waals surface area contributed by atoms with Crippen LogP contribution in [0.5, 0.6) is 0 Å². The zero-order valence-electron chi connectivity index (χ0n) is 13.0. The molecular weight excluding hydrogens is 266 g/mol. The molecule has 0 fully saturated rings. The fourth-order valence-corrected chi connectivity index (χ4v) is 2.22. The van der Waals surface area contributed by atoms with Crippen molar-refractivity contribution in [3.63, 3.8) is 0 Å². The predicted octanol–water partition coefficient (Wildman–Crippen LogP) is 1.50. The molecule has 0 aliphatic carbocycles. The van der Waals surface area contributed by atoms with E-state index in [1.165, 1.54) is 0 Å². The molecule has 2 rings (SSSR count). The van der Waals surface area contributed by atoms with E-state index in [1.807, 2.05) is 14.1 Å². The predicted molar refractivity (Wildman–Crippen MR) is 87.6 cm³/mol. The maximum absolute atomic E-state index is 12.1. The number of nitrogens with two attached hydrogens (primary N) is 1. The van der Waals surface area contributed by atoms with E-state index in [0.29, 0.717) is 28.5 Å². The van der Waals surface area contributed by atoms with Gasteiger partial charge in [-0.15, -0.1) is 0 Å². The summed E-state index contributed by atoms with van der Waals surface area (Å²) in [5, 5.41) is 3.83. The molecule has 0 aliphatic rings. The van der Waals surface area contributed by atoms with Crippen LogP contribution in [0.15, 0.2) is 23.0 Å². The quantitative estimate of drug-likeness (QED) is 0.726. The standard InChI is InChI=1S/C15H23N5O/c1-9(2)13(8-20(3)4)18-15-17-12-6-5-10(16)7-11(12)14(21)19-15/h5-7,9,13H,8,16H2,1-4H3,(H2,17,18,19,21). The summed E-state index contributed by atoms with van der Waals surface area (Å²) >= 11 is 0. The van der Waals surface area contributed by atoms with E-state index >= 15 is 0 Å². The smallest absolute Gasteiger partial charge is 0.260 e. The Hall–Kier alpha value is -2.08. The van der Waals surface area contributed by atoms with Gasteiger partial charge in [-0.1, -0.05) is 13.8 Å². The molecule has 0 radical (unpaired) electrons. The van der Waals surface area contributed by atoms with E-state index in [2.05, 4.69) is 34.0 Å². The van der Waals surface area contributed by atoms with Crippen LogP contribution in [0.2, 0.25) is 0 Å². The van der Waals surface area contributed by atoms with Crippen LogP contribution in [-0.2, 0) is 0 Å². The van der Waals surface area contributed by atoms with Crippen molar-refractivity contribution in [1.29, 1.82) is 0 Å². The minimum Gasteiger partial charge on any atom is -0.399 e. The highest BCUT2D eigenvalue weighted by atomic mass is 16.1. The van der Waals surface area contributed by atoms with Crippen LogP contribution < -0.4 is 16.6 Å². The molecule has 0 saturated carbocycles. The van der Waals surface area contributed by atoms with Crippen molar-refractivity contribution < 1.29 is 0 Å². The number of nitrogens with zero attached hydrogens (tertiary/aromatic N) is 2. The Morgan fingerprint density at radius 1 is 1.38 bits per heavy atom. The fraction of sp³-hybridized carbons (Fsp3) is 0.467. The SMILES string of the molecule is CC(C)C(CN(C)C)Nc1nc2ccc(N)cc2c(=O)[nH]1. The molecule has 1 heterocycles. The molecular formula is C15H23N5O. The van der Waals surface area contributed by atoms with Gasteiger partial charge in [0.1, 0.15) is 0 Å². The van der Waals surface area contributed by atoms with Crippen molar-refractivity contribution in [2.45, 2.75) is 19.9 Å². The molecule has 1 aromatic carbocycles. The molecule has 114 valence electrons. The molecule has 6 heteroatoms. The first-order chi connectivity index (χ1) is 9.86. The van der Waals surface area contributed by atoms with Crippen LogP contribution in [0.4, 0.5) is 11.6 Å². The van der Waals surface area contributed by atoms with Crippen LogP contribution in [0, 0.1) is 5.92 Å². The van der Waals surface area contributed by atoms with Crippen LogP contribution in [0.25, 0.3) is 10.9 Å². The molecule has 0 saturated heterocycles. The third kappa shape index (κ3) is 3.72. The number of nitrogens with one attached hydrogen (secondary N) is 2. The summed E-state index contributed by atoms with van der Waals surface area (Å²) in [7, 11) is 4.05. The molecule has 4 N–H and O–H groups in total. The lowest BCUT2D eigenvalue weighted by atomic mass is 10.0. The minimum atomic E-state index is -0.179. The molecule has 2 aromatic rings. The summed E-state index contributed by atoms with van der Waals surface area (Å²) in [6, 6.07) is 5.36. The zero-order valence-corrected chi connectivity index (χ0v) is 13.0. The molecule has 21 heavy (non-hydrogen) atoms. The Labute approximate surface area is 124 Å². The molecule has 1 aromatic heterocycles. The highest BCUT2D eigenvalue weighted by Crippen LogP contribution is 2.14. The number of fused-ring (bicyclic) bond motifs is 1. The Bertz CT molecular complexity index is 677. The second-order valence-corrected chi connectivity index (χ2v) is 5.95. The van der Waals surface area contributed by atoms with E-state index < -0.39 is 0 Å². The van der Waals surface area contributed by atoms with Gasteiger partial charge in [0.2, 0.25) is 5.95 Å². The van der Waals surface area contributed by atoms with Crippen LogP contribution in [-0.4, -0.2) is 41.5 Å². The number of aromatic amines is 1. The van der Waals surface area contributed by atoms with Crippen molar-refractivity contribution in [2.24, 2.45) is 5.92 Å². The van der Waals surface area contributed by atoms with Crippen LogP contribution in [0.1, 0.15) is 13.8 Å². The first-order valence-corrected chi connectivity index (χ1v) is 7.07. The average molecular weight is 289 g/mol. The van der Waals surface area contributed by atoms with E-state index in [0.717, 1.165) is 6.54 Å². The van der Waals surface area contributed by atoms with Crippen molar-refractivity contribution in [3.05, 3.63) is 28.6 Å². The number of hydrogen-bond donors (Lipinski definition) is 3. The number of nitrogen functional groups attached to an aromatic ring is 1. The topological polar surface area (TPSA) is 87.0 Å². The van der Waals surface area contributed by atoms with E-state index in [4.69, 9.17) is 5.73 Å². The number of rotatable bonds is 5. The molecule has 6 nitrogen and oxygen atoms in total. The lowest BCUT2D eigenvalue weighted by Crippen LogP contribution is -2.37. The van der Waals surface area contributed by atoms with Gasteiger partial charge in [0.05, 0.1) is 10.9 Å². The lowest BCUT2D eigenvalue weighted by molar-refractivity contribution is 0.343. The first-order valence-electron chi connectivity index (χ1n) is 7.07. The van der Waals surface area contributed by atoms with Crippen molar-refractivity contribution >= 4 is 22.5 Å². The highest BCUT2D eigenvalue weighted by Gasteiger charge is 2.15. The maximum Gasteiger partial charge on any atom is 0.260 e. The summed E-state index contributed by atoms with van der Waals surface area (Å²) in [5.74, 6) is 0.914. The van der Waals surface area contributed by atoms with Gasteiger partial charge >= 0.3 is 0 Å². The van der Waals surface area contributed by atoms with Gasteiger partial charge in [-0.25, -0.2) is 4.98 Å². The molecule has 0 spiro atoms. The van der Waals surface area contributed by atoms with Crippen molar-refractivity contribution in [3.8, 4) is 0 Å². The molecule has 1 atom stereocenters. The normalized spacial score (nSPS) is 13.0. The molecule has 1 unspecified atom stereocenters. The average Bonchev–Trinajstić information content (AvgIpc) is 2.38. The van der Waals surface area contributed by atoms with Crippen LogP contribution in [0.3, 0.4) is 0 Å². The van der Waals surface area contributed by atoms with Gasteiger partial charge in [-0.3, -0.25) is 9.78 Å². The lowest BCUT2D eigenvalue weighted by Gasteiger charge is -2.25. The van der Waals surface area contributed by atoms with E-state index in [-0.39, 0.29) is 11.6 Å². The Morgan fingerprint density at radius 2 is 2.10 bits per heavy atom. The van der Waals surface area contributed by atoms with Gasteiger partial charge in [-0.2, -0.15) is 0 Å². The van der Waals surface area contributed by atoms with Gasteiger partial charge in [0.15, 0.2) is 0 Å². The number of H-pyrrole nitrogens is 1. The summed E-state index contributed by atoms with van der Waals surface area (Å²) in [5.41, 5.74) is 6.73. The third-order valence-electron chi connectivity index (χ3n) is 3.42. The van der Waals surface area contributed by atoms with Gasteiger partial charge in [-0.05, 0) is 38.2 Å². The fourth-order valence-electron chi connectivity index (χ4n) is 2.22. The Kier molecular flexibility index (Phi) is 4.47. The summed E-state index contributed by atoms with van der Waals surface area (Å²) in [6.45, 7) is 5.14. The molecule has 0 aliphatic heterocycles. The van der Waals surface area contributed by atoms with E-state index in [1.54, 1.807) is 18.2 Å². The number of benzene rings is 1. The summed E-state index contributed by atoms with van der Waals surface area (Å²) in [4.78, 5) is 21.5. The minimum absolute atomic E-state index is 0.179. The van der Waals surface area contributed by atoms with Crippen molar-refractivity contribution in [2.75, 3.05) is 31.7 Å². The zero-order chi connectivity index (χ0) is 15.6. The van der Waals surface area contributed by atoms with Crippen LogP contribution >= 0.6 is 0 Å². The van der Waals surface area contributed by atoms with Gasteiger partial charge < -0.3 is 16.0 Å². The third-order valence-corrected chi connectivity index (χ3v) is 3.42. The summed E-state index contributed by atoms with van der Waals surface area (Å²) < 4.78 is 0. The van der Waals surface area contributed by atoms with Crippen molar-refractivity contribution in [1.82, 2.24) is 14.9 Å². The largest absolute Gasteiger partial charge is 0.399 e. The number of anilines is 2. The number of hydrogen-bond acceptors (Lipinski definition) is 5. The molecule has 0 bridgehead atoms. The second-order valence-electron chi connectivity index (χ2n) is 5.95.